The second-order valence-corrected chi connectivity index (χ2v) is 5.76. The molecule has 2 atom stereocenters. The van der Waals surface area contributed by atoms with E-state index in [4.69, 9.17) is 21.1 Å². The maximum absolute atomic E-state index is 12.2. The van der Waals surface area contributed by atoms with Crippen LogP contribution in [0.1, 0.15) is 37.3 Å². The summed E-state index contributed by atoms with van der Waals surface area (Å²) in [6, 6.07) is 7.28. The molecule has 0 bridgehead atoms. The van der Waals surface area contributed by atoms with Gasteiger partial charge in [0, 0.05) is 18.7 Å². The van der Waals surface area contributed by atoms with Gasteiger partial charge in [0.25, 0.3) is 0 Å². The van der Waals surface area contributed by atoms with Crippen molar-refractivity contribution < 1.29 is 14.3 Å². The number of benzene rings is 1. The standard InChI is InChI=1S/C16H22ClNO3/c1-20-11-15(12-5-7-13(17)8-6-12)18-16(19)10-14-4-2-3-9-21-14/h5-8,14-15H,2-4,9-11H2,1H3,(H,18,19)/t14-,15+/m1/s1. The summed E-state index contributed by atoms with van der Waals surface area (Å²) in [5.41, 5.74) is 0.985. The van der Waals surface area contributed by atoms with E-state index in [0.717, 1.165) is 31.4 Å². The van der Waals surface area contributed by atoms with Gasteiger partial charge in [0.1, 0.15) is 0 Å². The molecule has 1 N–H and O–H groups in total. The molecule has 1 aromatic carbocycles. The van der Waals surface area contributed by atoms with E-state index in [1.165, 1.54) is 0 Å². The zero-order valence-corrected chi connectivity index (χ0v) is 13.1. The van der Waals surface area contributed by atoms with Gasteiger partial charge in [0.2, 0.25) is 5.91 Å². The first-order valence-electron chi connectivity index (χ1n) is 7.34. The highest BCUT2D eigenvalue weighted by Crippen LogP contribution is 2.19. The number of ether oxygens (including phenoxy) is 2. The molecular weight excluding hydrogens is 290 g/mol. The third-order valence-corrected chi connectivity index (χ3v) is 3.88. The zero-order valence-electron chi connectivity index (χ0n) is 12.3. The summed E-state index contributed by atoms with van der Waals surface area (Å²) in [6.45, 7) is 1.19. The summed E-state index contributed by atoms with van der Waals surface area (Å²) in [7, 11) is 1.62. The lowest BCUT2D eigenvalue weighted by atomic mass is 10.0. The van der Waals surface area contributed by atoms with Gasteiger partial charge >= 0.3 is 0 Å². The van der Waals surface area contributed by atoms with Crippen molar-refractivity contribution >= 4 is 17.5 Å². The lowest BCUT2D eigenvalue weighted by Gasteiger charge is -2.24. The van der Waals surface area contributed by atoms with Crippen LogP contribution in [-0.4, -0.2) is 32.3 Å². The number of carbonyl (C=O) groups excluding carboxylic acids is 1. The number of methoxy groups -OCH3 is 1. The molecule has 5 heteroatoms. The first kappa shape index (κ1) is 16.3. The number of rotatable bonds is 6. The van der Waals surface area contributed by atoms with Gasteiger partial charge in [-0.1, -0.05) is 23.7 Å². The van der Waals surface area contributed by atoms with E-state index in [1.807, 2.05) is 24.3 Å². The largest absolute Gasteiger partial charge is 0.382 e. The van der Waals surface area contributed by atoms with E-state index in [-0.39, 0.29) is 18.1 Å². The lowest BCUT2D eigenvalue weighted by Crippen LogP contribution is -2.34. The SMILES string of the molecule is COC[C@H](NC(=O)C[C@H]1CCCCO1)c1ccc(Cl)cc1. The molecule has 0 radical (unpaired) electrons. The Balaban J connectivity index is 1.91. The van der Waals surface area contributed by atoms with Crippen molar-refractivity contribution in [2.45, 2.75) is 37.8 Å². The van der Waals surface area contributed by atoms with Crippen LogP contribution in [0.2, 0.25) is 5.02 Å². The van der Waals surface area contributed by atoms with Gasteiger partial charge in [-0.2, -0.15) is 0 Å². The minimum absolute atomic E-state index is 0.00102. The zero-order chi connectivity index (χ0) is 15.1. The Morgan fingerprint density at radius 2 is 2.19 bits per heavy atom. The molecule has 1 fully saturated rings. The summed E-state index contributed by atoms with van der Waals surface area (Å²) >= 11 is 5.89. The Bertz CT molecular complexity index is 443. The lowest BCUT2D eigenvalue weighted by molar-refractivity contribution is -0.126. The molecule has 21 heavy (non-hydrogen) atoms. The van der Waals surface area contributed by atoms with Crippen LogP contribution in [0.3, 0.4) is 0 Å². The normalized spacial score (nSPS) is 20.0. The fourth-order valence-corrected chi connectivity index (χ4v) is 2.64. The van der Waals surface area contributed by atoms with Gasteiger partial charge in [0.05, 0.1) is 25.2 Å². The van der Waals surface area contributed by atoms with E-state index in [1.54, 1.807) is 7.11 Å². The van der Waals surface area contributed by atoms with E-state index >= 15 is 0 Å². The molecule has 2 rings (SSSR count). The van der Waals surface area contributed by atoms with E-state index < -0.39 is 0 Å². The summed E-state index contributed by atoms with van der Waals surface area (Å²) in [6.07, 6.45) is 3.65. The Morgan fingerprint density at radius 1 is 1.43 bits per heavy atom. The maximum Gasteiger partial charge on any atom is 0.223 e. The predicted octanol–water partition coefficient (Wildman–Crippen LogP) is 3.10. The highest BCUT2D eigenvalue weighted by Gasteiger charge is 2.20. The average molecular weight is 312 g/mol. The predicted molar refractivity (Wildman–Crippen MR) is 82.4 cm³/mol. The van der Waals surface area contributed by atoms with E-state index in [0.29, 0.717) is 18.1 Å². The van der Waals surface area contributed by atoms with Gasteiger partial charge in [-0.25, -0.2) is 0 Å². The van der Waals surface area contributed by atoms with Gasteiger partial charge < -0.3 is 14.8 Å². The Hall–Kier alpha value is -1.10. The maximum atomic E-state index is 12.2. The first-order valence-corrected chi connectivity index (χ1v) is 7.72. The molecule has 1 saturated heterocycles. The third-order valence-electron chi connectivity index (χ3n) is 3.63. The van der Waals surface area contributed by atoms with Crippen molar-refractivity contribution in [3.8, 4) is 0 Å². The molecule has 1 aliphatic rings. The Labute approximate surface area is 130 Å². The molecule has 0 saturated carbocycles. The molecule has 1 aliphatic heterocycles. The van der Waals surface area contributed by atoms with Crippen LogP contribution >= 0.6 is 11.6 Å². The fourth-order valence-electron chi connectivity index (χ4n) is 2.51. The molecule has 0 spiro atoms. The van der Waals surface area contributed by atoms with Gasteiger partial charge in [-0.3, -0.25) is 4.79 Å². The number of hydrogen-bond acceptors (Lipinski definition) is 3. The third kappa shape index (κ3) is 5.30. The van der Waals surface area contributed by atoms with Gasteiger partial charge in [-0.05, 0) is 37.0 Å². The van der Waals surface area contributed by atoms with Crippen LogP contribution in [-0.2, 0) is 14.3 Å². The van der Waals surface area contributed by atoms with Crippen LogP contribution in [0.4, 0.5) is 0 Å². The van der Waals surface area contributed by atoms with Gasteiger partial charge in [0.15, 0.2) is 0 Å². The van der Waals surface area contributed by atoms with Crippen molar-refractivity contribution in [3.63, 3.8) is 0 Å². The van der Waals surface area contributed by atoms with Gasteiger partial charge in [-0.15, -0.1) is 0 Å². The van der Waals surface area contributed by atoms with Crippen LogP contribution < -0.4 is 5.32 Å². The van der Waals surface area contributed by atoms with Crippen molar-refractivity contribution in [2.75, 3.05) is 20.3 Å². The molecule has 0 aliphatic carbocycles. The highest BCUT2D eigenvalue weighted by atomic mass is 35.5. The molecule has 1 heterocycles. The van der Waals surface area contributed by atoms with Crippen molar-refractivity contribution in [2.24, 2.45) is 0 Å². The quantitative estimate of drug-likeness (QED) is 0.878. The minimum Gasteiger partial charge on any atom is -0.382 e. The molecule has 0 unspecified atom stereocenters. The number of carbonyl (C=O) groups is 1. The summed E-state index contributed by atoms with van der Waals surface area (Å²) in [5.74, 6) is -0.00102. The van der Waals surface area contributed by atoms with Crippen LogP contribution in [0.5, 0.6) is 0 Å². The second kappa shape index (κ2) is 8.37. The number of hydrogen-bond donors (Lipinski definition) is 1. The molecule has 0 aromatic heterocycles. The Kier molecular flexibility index (Phi) is 6.49. The monoisotopic (exact) mass is 311 g/mol. The highest BCUT2D eigenvalue weighted by molar-refractivity contribution is 6.30. The summed E-state index contributed by atoms with van der Waals surface area (Å²) in [5, 5.41) is 3.69. The Morgan fingerprint density at radius 3 is 2.81 bits per heavy atom. The van der Waals surface area contributed by atoms with E-state index in [9.17, 15) is 4.79 Å². The summed E-state index contributed by atoms with van der Waals surface area (Å²) < 4.78 is 10.8. The molecule has 1 amide bonds. The molecule has 116 valence electrons. The smallest absolute Gasteiger partial charge is 0.223 e. The fraction of sp³-hybridized carbons (Fsp3) is 0.562. The van der Waals surface area contributed by atoms with Crippen molar-refractivity contribution in [1.82, 2.24) is 5.32 Å². The number of nitrogens with one attached hydrogen (secondary N) is 1. The van der Waals surface area contributed by atoms with Crippen LogP contribution in [0.15, 0.2) is 24.3 Å². The van der Waals surface area contributed by atoms with E-state index in [2.05, 4.69) is 5.32 Å². The number of amides is 1. The topological polar surface area (TPSA) is 47.6 Å². The molecule has 1 aromatic rings. The molecule has 4 nitrogen and oxygen atoms in total. The second-order valence-electron chi connectivity index (χ2n) is 5.32. The van der Waals surface area contributed by atoms with Crippen molar-refractivity contribution in [3.05, 3.63) is 34.9 Å². The summed E-state index contributed by atoms with van der Waals surface area (Å²) in [4.78, 5) is 12.2. The molecular formula is C16H22ClNO3. The van der Waals surface area contributed by atoms with Crippen LogP contribution in [0.25, 0.3) is 0 Å². The number of halogens is 1. The minimum atomic E-state index is -0.164. The van der Waals surface area contributed by atoms with Crippen molar-refractivity contribution in [1.29, 1.82) is 0 Å². The van der Waals surface area contributed by atoms with Crippen LogP contribution in [0, 0.1) is 0 Å². The average Bonchev–Trinajstić information content (AvgIpc) is 2.48. The first-order chi connectivity index (χ1) is 10.2.